The number of benzene rings is 1. The van der Waals surface area contributed by atoms with Crippen molar-refractivity contribution in [2.75, 3.05) is 25.0 Å². The van der Waals surface area contributed by atoms with Gasteiger partial charge in [-0.2, -0.15) is 0 Å². The monoisotopic (exact) mass is 499 g/mol. The zero-order valence-electron chi connectivity index (χ0n) is 23.2. The van der Waals surface area contributed by atoms with Crippen LogP contribution in [0.25, 0.3) is 10.2 Å². The fourth-order valence-electron chi connectivity index (χ4n) is 5.31. The Labute approximate surface area is 216 Å². The molecule has 1 aromatic carbocycles. The molecule has 6 heteroatoms. The van der Waals surface area contributed by atoms with Gasteiger partial charge in [-0.05, 0) is 95.4 Å². The van der Waals surface area contributed by atoms with Crippen molar-refractivity contribution in [3.63, 3.8) is 0 Å². The van der Waals surface area contributed by atoms with E-state index in [0.717, 1.165) is 51.9 Å². The van der Waals surface area contributed by atoms with Crippen molar-refractivity contribution in [1.82, 2.24) is 9.88 Å². The highest BCUT2D eigenvalue weighted by Gasteiger charge is 2.47. The number of Topliss-reactive ketones (excluding diaryl/α,β-unsaturated/α-hetero) is 1. The van der Waals surface area contributed by atoms with Gasteiger partial charge in [0.2, 0.25) is 0 Å². The van der Waals surface area contributed by atoms with Gasteiger partial charge in [0.15, 0.2) is 10.9 Å². The summed E-state index contributed by atoms with van der Waals surface area (Å²) in [5, 5.41) is 4.53. The molecular weight excluding hydrogens is 454 g/mol. The maximum atomic E-state index is 13.9. The second kappa shape index (κ2) is 9.42. The maximum Gasteiger partial charge on any atom is 0.184 e. The van der Waals surface area contributed by atoms with Crippen LogP contribution < -0.4 is 5.32 Å². The van der Waals surface area contributed by atoms with Gasteiger partial charge >= 0.3 is 0 Å². The molecule has 2 aromatic rings. The molecule has 0 amide bonds. The average molecular weight is 500 g/mol. The molecule has 5 nitrogen and oxygen atoms in total. The van der Waals surface area contributed by atoms with Crippen LogP contribution in [-0.4, -0.2) is 52.5 Å². The number of nitrogens with zero attached hydrogens (tertiary/aromatic N) is 2. The standard InChI is InChI=1S/C29H45N3O2S/c1-10-32(17-19-11-12-19)24-18(2)29(8,9)21-16-22-23(15-20(21)25(24)33)35-26(30-22)31-28(6,7)13-14-34-27(3,4)5/h15-16,18-19,24H,10-14,17H2,1-9H3,(H,30,31)/t18-,24?/m0/s1. The van der Waals surface area contributed by atoms with Gasteiger partial charge in [0.25, 0.3) is 0 Å². The highest BCUT2D eigenvalue weighted by Crippen LogP contribution is 2.46. The Morgan fingerprint density at radius 3 is 2.49 bits per heavy atom. The van der Waals surface area contributed by atoms with Crippen LogP contribution in [0.3, 0.4) is 0 Å². The molecular formula is C29H45N3O2S. The third-order valence-corrected chi connectivity index (χ3v) is 9.00. The average Bonchev–Trinajstić information content (AvgIpc) is 3.47. The van der Waals surface area contributed by atoms with Gasteiger partial charge in [-0.15, -0.1) is 0 Å². The first-order valence-electron chi connectivity index (χ1n) is 13.4. The van der Waals surface area contributed by atoms with Gasteiger partial charge in [0.1, 0.15) is 0 Å². The van der Waals surface area contributed by atoms with Gasteiger partial charge in [0.05, 0.1) is 21.9 Å². The van der Waals surface area contributed by atoms with Crippen LogP contribution in [0.5, 0.6) is 0 Å². The van der Waals surface area contributed by atoms with Gasteiger partial charge in [0, 0.05) is 24.3 Å². The van der Waals surface area contributed by atoms with E-state index in [-0.39, 0.29) is 28.5 Å². The Morgan fingerprint density at radius 2 is 1.89 bits per heavy atom. The van der Waals surface area contributed by atoms with Crippen molar-refractivity contribution >= 4 is 32.5 Å². The minimum Gasteiger partial charge on any atom is -0.376 e. The first-order valence-corrected chi connectivity index (χ1v) is 14.2. The molecule has 2 aliphatic rings. The summed E-state index contributed by atoms with van der Waals surface area (Å²) in [6.07, 6.45) is 3.50. The summed E-state index contributed by atoms with van der Waals surface area (Å²) in [6.45, 7) is 22.4. The number of hydrogen-bond donors (Lipinski definition) is 1. The largest absolute Gasteiger partial charge is 0.376 e. The zero-order chi connectivity index (χ0) is 25.8. The fraction of sp³-hybridized carbons (Fsp3) is 0.724. The summed E-state index contributed by atoms with van der Waals surface area (Å²) >= 11 is 1.65. The van der Waals surface area contributed by atoms with Crippen molar-refractivity contribution in [2.45, 2.75) is 104 Å². The fourth-order valence-corrected chi connectivity index (χ4v) is 6.37. The minimum absolute atomic E-state index is 0.0483. The van der Waals surface area contributed by atoms with E-state index in [2.05, 4.69) is 84.7 Å². The van der Waals surface area contributed by atoms with Crippen molar-refractivity contribution in [2.24, 2.45) is 11.8 Å². The van der Waals surface area contributed by atoms with Gasteiger partial charge < -0.3 is 10.1 Å². The molecule has 1 heterocycles. The number of ether oxygens (including phenoxy) is 1. The van der Waals surface area contributed by atoms with Crippen molar-refractivity contribution < 1.29 is 9.53 Å². The third-order valence-electron chi connectivity index (χ3n) is 8.06. The second-order valence-electron chi connectivity index (χ2n) is 13.0. The molecule has 0 spiro atoms. The van der Waals surface area contributed by atoms with Crippen LogP contribution in [0.2, 0.25) is 0 Å². The quantitative estimate of drug-likeness (QED) is 0.406. The van der Waals surface area contributed by atoms with Crippen molar-refractivity contribution in [1.29, 1.82) is 0 Å². The molecule has 1 N–H and O–H groups in total. The Morgan fingerprint density at radius 1 is 1.20 bits per heavy atom. The van der Waals surface area contributed by atoms with Crippen LogP contribution in [-0.2, 0) is 10.2 Å². The molecule has 2 atom stereocenters. The summed E-state index contributed by atoms with van der Waals surface area (Å²) < 4.78 is 7.02. The molecule has 2 aliphatic carbocycles. The lowest BCUT2D eigenvalue weighted by Crippen LogP contribution is -2.55. The summed E-state index contributed by atoms with van der Waals surface area (Å²) in [5.41, 5.74) is 2.65. The van der Waals surface area contributed by atoms with E-state index < -0.39 is 0 Å². The number of hydrogen-bond acceptors (Lipinski definition) is 6. The lowest BCUT2D eigenvalue weighted by Gasteiger charge is -2.46. The molecule has 0 bridgehead atoms. The number of likely N-dealkylation sites (N-methyl/N-ethyl adjacent to an activating group) is 1. The van der Waals surface area contributed by atoms with Crippen LogP contribution in [0.1, 0.15) is 97.5 Å². The van der Waals surface area contributed by atoms with E-state index in [1.54, 1.807) is 11.3 Å². The lowest BCUT2D eigenvalue weighted by atomic mass is 9.63. The van der Waals surface area contributed by atoms with E-state index >= 15 is 0 Å². The van der Waals surface area contributed by atoms with Crippen LogP contribution in [0.4, 0.5) is 5.13 Å². The molecule has 1 saturated carbocycles. The Hall–Kier alpha value is -1.50. The lowest BCUT2D eigenvalue weighted by molar-refractivity contribution is -0.00846. The number of carbonyl (C=O) groups excluding carboxylic acids is 1. The van der Waals surface area contributed by atoms with Crippen LogP contribution in [0.15, 0.2) is 12.1 Å². The molecule has 0 aliphatic heterocycles. The Bertz CT molecular complexity index is 1080. The van der Waals surface area contributed by atoms with Crippen molar-refractivity contribution in [3.8, 4) is 0 Å². The third kappa shape index (κ3) is 5.75. The van der Waals surface area contributed by atoms with Gasteiger partial charge in [-0.1, -0.05) is 39.0 Å². The van der Waals surface area contributed by atoms with Gasteiger partial charge in [-0.3, -0.25) is 9.69 Å². The van der Waals surface area contributed by atoms with E-state index in [4.69, 9.17) is 9.72 Å². The number of ketones is 1. The number of rotatable bonds is 9. The molecule has 1 aromatic heterocycles. The van der Waals surface area contributed by atoms with Crippen LogP contribution >= 0.6 is 11.3 Å². The number of anilines is 1. The molecule has 0 saturated heterocycles. The Kier molecular flexibility index (Phi) is 7.15. The van der Waals surface area contributed by atoms with Crippen LogP contribution in [0, 0.1) is 11.8 Å². The second-order valence-corrected chi connectivity index (χ2v) is 14.0. The first kappa shape index (κ1) is 26.6. The number of carbonyl (C=O) groups is 1. The number of fused-ring (bicyclic) bond motifs is 2. The number of nitrogens with one attached hydrogen (secondary N) is 1. The highest BCUT2D eigenvalue weighted by molar-refractivity contribution is 7.22. The first-order chi connectivity index (χ1) is 16.2. The SMILES string of the molecule is CCN(CC1CC1)C1C(=O)c2cc3sc(NC(C)(C)CCOC(C)(C)C)nc3cc2C(C)(C)[C@H]1C. The maximum absolute atomic E-state index is 13.9. The number of thiazole rings is 1. The highest BCUT2D eigenvalue weighted by atomic mass is 32.1. The predicted molar refractivity (Wildman–Crippen MR) is 148 cm³/mol. The molecule has 4 rings (SSSR count). The predicted octanol–water partition coefficient (Wildman–Crippen LogP) is 6.90. The summed E-state index contributed by atoms with van der Waals surface area (Å²) in [4.78, 5) is 21.3. The molecule has 1 unspecified atom stereocenters. The summed E-state index contributed by atoms with van der Waals surface area (Å²) in [7, 11) is 0. The molecule has 1 fully saturated rings. The van der Waals surface area contributed by atoms with E-state index in [9.17, 15) is 4.79 Å². The minimum atomic E-state index is -0.141. The molecule has 35 heavy (non-hydrogen) atoms. The topological polar surface area (TPSA) is 54.5 Å². The van der Waals surface area contributed by atoms with Gasteiger partial charge in [-0.25, -0.2) is 4.98 Å². The normalized spacial score (nSPS) is 22.6. The zero-order valence-corrected chi connectivity index (χ0v) is 24.1. The Balaban J connectivity index is 1.61. The number of aromatic nitrogens is 1. The van der Waals surface area contributed by atoms with E-state index in [1.807, 2.05) is 0 Å². The van der Waals surface area contributed by atoms with E-state index in [0.29, 0.717) is 12.4 Å². The van der Waals surface area contributed by atoms with E-state index in [1.165, 1.54) is 12.8 Å². The molecule has 194 valence electrons. The smallest absolute Gasteiger partial charge is 0.184 e. The summed E-state index contributed by atoms with van der Waals surface area (Å²) in [5.74, 6) is 1.31. The van der Waals surface area contributed by atoms with Crippen molar-refractivity contribution in [3.05, 3.63) is 23.3 Å². The summed E-state index contributed by atoms with van der Waals surface area (Å²) in [6, 6.07) is 4.26. The molecule has 0 radical (unpaired) electrons.